The fraction of sp³-hybridized carbons (Fsp3) is 0.278. The van der Waals surface area contributed by atoms with Crippen LogP contribution in [0.25, 0.3) is 0 Å². The Morgan fingerprint density at radius 1 is 1.13 bits per heavy atom. The van der Waals surface area contributed by atoms with Gasteiger partial charge in [0.25, 0.3) is 0 Å². The maximum absolute atomic E-state index is 11.5. The molecule has 5 heteroatoms. The lowest BCUT2D eigenvalue weighted by molar-refractivity contribution is -0.121. The first kappa shape index (κ1) is 15.9. The molecule has 0 unspecified atom stereocenters. The molecule has 4 nitrogen and oxygen atoms in total. The predicted molar refractivity (Wildman–Crippen MR) is 95.3 cm³/mol. The standard InChI is InChI=1S/C18H21N3OS/c1-13(19)18(22)20-11-6-12-21-14-7-2-4-9-16(14)23-17-10-5-3-8-15(17)21/h2-5,7-10,13H,6,11-12,19H2,1H3,(H,20,22)/t13-/m0/s1. The SMILES string of the molecule is C[C@H](N)C(=O)NCCCN1c2ccccc2Sc2ccccc21. The van der Waals surface area contributed by atoms with Crippen molar-refractivity contribution in [3.63, 3.8) is 0 Å². The van der Waals surface area contributed by atoms with Crippen molar-refractivity contribution in [2.45, 2.75) is 29.2 Å². The van der Waals surface area contributed by atoms with Crippen LogP contribution in [0.5, 0.6) is 0 Å². The van der Waals surface area contributed by atoms with Crippen molar-refractivity contribution in [1.29, 1.82) is 0 Å². The number of nitrogens with two attached hydrogens (primary N) is 1. The van der Waals surface area contributed by atoms with Crippen LogP contribution in [0.2, 0.25) is 0 Å². The Labute approximate surface area is 141 Å². The van der Waals surface area contributed by atoms with Crippen LogP contribution < -0.4 is 16.0 Å². The van der Waals surface area contributed by atoms with E-state index in [0.717, 1.165) is 13.0 Å². The Morgan fingerprint density at radius 2 is 1.70 bits per heavy atom. The molecule has 0 saturated heterocycles. The van der Waals surface area contributed by atoms with Gasteiger partial charge in [0.05, 0.1) is 17.4 Å². The maximum atomic E-state index is 11.5. The second-order valence-electron chi connectivity index (χ2n) is 5.62. The quantitative estimate of drug-likeness (QED) is 0.828. The number of hydrogen-bond acceptors (Lipinski definition) is 4. The summed E-state index contributed by atoms with van der Waals surface area (Å²) < 4.78 is 0. The average Bonchev–Trinajstić information content (AvgIpc) is 2.57. The molecule has 2 aromatic carbocycles. The number of benzene rings is 2. The van der Waals surface area contributed by atoms with Crippen LogP contribution in [0.3, 0.4) is 0 Å². The largest absolute Gasteiger partial charge is 0.355 e. The van der Waals surface area contributed by atoms with Gasteiger partial charge in [-0.2, -0.15) is 0 Å². The Morgan fingerprint density at radius 3 is 2.26 bits per heavy atom. The Hall–Kier alpha value is -1.98. The summed E-state index contributed by atoms with van der Waals surface area (Å²) in [4.78, 5) is 16.4. The van der Waals surface area contributed by atoms with E-state index < -0.39 is 6.04 Å². The highest BCUT2D eigenvalue weighted by atomic mass is 32.2. The summed E-state index contributed by atoms with van der Waals surface area (Å²) in [5.74, 6) is -0.0972. The van der Waals surface area contributed by atoms with Gasteiger partial charge in [-0.1, -0.05) is 36.0 Å². The van der Waals surface area contributed by atoms with Gasteiger partial charge in [0.1, 0.15) is 0 Å². The van der Waals surface area contributed by atoms with E-state index in [2.05, 4.69) is 58.7 Å². The molecule has 0 bridgehead atoms. The predicted octanol–water partition coefficient (Wildman–Crippen LogP) is 3.14. The first-order valence-corrected chi connectivity index (χ1v) is 8.65. The number of amides is 1. The summed E-state index contributed by atoms with van der Waals surface area (Å²) in [7, 11) is 0. The fourth-order valence-electron chi connectivity index (χ4n) is 2.63. The molecule has 0 spiro atoms. The summed E-state index contributed by atoms with van der Waals surface area (Å²) in [6, 6.07) is 16.4. The molecule has 0 radical (unpaired) electrons. The van der Waals surface area contributed by atoms with E-state index in [4.69, 9.17) is 5.73 Å². The molecule has 1 amide bonds. The highest BCUT2D eigenvalue weighted by molar-refractivity contribution is 7.99. The summed E-state index contributed by atoms with van der Waals surface area (Å²) in [6.45, 7) is 3.19. The van der Waals surface area contributed by atoms with Gasteiger partial charge in [-0.3, -0.25) is 4.79 Å². The van der Waals surface area contributed by atoms with Crippen LogP contribution in [0.4, 0.5) is 11.4 Å². The van der Waals surface area contributed by atoms with Crippen molar-refractivity contribution < 1.29 is 4.79 Å². The number of carbonyl (C=O) groups excluding carboxylic acids is 1. The van der Waals surface area contributed by atoms with Gasteiger partial charge in [0.2, 0.25) is 5.91 Å². The number of para-hydroxylation sites is 2. The van der Waals surface area contributed by atoms with Crippen LogP contribution in [-0.4, -0.2) is 25.0 Å². The van der Waals surface area contributed by atoms with Gasteiger partial charge >= 0.3 is 0 Å². The molecule has 23 heavy (non-hydrogen) atoms. The first-order valence-electron chi connectivity index (χ1n) is 7.83. The van der Waals surface area contributed by atoms with Gasteiger partial charge in [0, 0.05) is 22.9 Å². The molecular weight excluding hydrogens is 306 g/mol. The lowest BCUT2D eigenvalue weighted by atomic mass is 10.2. The molecule has 0 fully saturated rings. The van der Waals surface area contributed by atoms with E-state index in [9.17, 15) is 4.79 Å². The molecule has 1 aliphatic rings. The van der Waals surface area contributed by atoms with E-state index in [1.165, 1.54) is 21.2 Å². The zero-order valence-electron chi connectivity index (χ0n) is 13.2. The van der Waals surface area contributed by atoms with E-state index in [1.54, 1.807) is 18.7 Å². The zero-order valence-corrected chi connectivity index (χ0v) is 14.0. The number of hydrogen-bond donors (Lipinski definition) is 2. The molecular formula is C18H21N3OS. The van der Waals surface area contributed by atoms with E-state index >= 15 is 0 Å². The van der Waals surface area contributed by atoms with Gasteiger partial charge in [-0.15, -0.1) is 0 Å². The van der Waals surface area contributed by atoms with Crippen molar-refractivity contribution in [2.24, 2.45) is 5.73 Å². The van der Waals surface area contributed by atoms with E-state index in [-0.39, 0.29) is 5.91 Å². The molecule has 0 aromatic heterocycles. The van der Waals surface area contributed by atoms with E-state index in [0.29, 0.717) is 6.54 Å². The van der Waals surface area contributed by atoms with Gasteiger partial charge in [-0.05, 0) is 37.6 Å². The van der Waals surface area contributed by atoms with Gasteiger partial charge < -0.3 is 16.0 Å². The minimum absolute atomic E-state index is 0.0972. The third-order valence-corrected chi connectivity index (χ3v) is 4.93. The van der Waals surface area contributed by atoms with Crippen molar-refractivity contribution in [3.05, 3.63) is 48.5 Å². The fourth-order valence-corrected chi connectivity index (χ4v) is 3.73. The summed E-state index contributed by atoms with van der Waals surface area (Å²) in [5.41, 5.74) is 8.02. The van der Waals surface area contributed by atoms with Crippen LogP contribution >= 0.6 is 11.8 Å². The molecule has 0 saturated carbocycles. The zero-order chi connectivity index (χ0) is 16.2. The van der Waals surface area contributed by atoms with Gasteiger partial charge in [-0.25, -0.2) is 0 Å². The minimum Gasteiger partial charge on any atom is -0.355 e. The molecule has 1 aliphatic heterocycles. The molecule has 3 rings (SSSR count). The van der Waals surface area contributed by atoms with Crippen LogP contribution in [-0.2, 0) is 4.79 Å². The molecule has 2 aromatic rings. The molecule has 0 aliphatic carbocycles. The number of nitrogens with zero attached hydrogens (tertiary/aromatic N) is 1. The lowest BCUT2D eigenvalue weighted by Gasteiger charge is -2.32. The minimum atomic E-state index is -0.456. The highest BCUT2D eigenvalue weighted by Gasteiger charge is 2.22. The number of fused-ring (bicyclic) bond motifs is 2. The van der Waals surface area contributed by atoms with Gasteiger partial charge in [0.15, 0.2) is 0 Å². The Bertz CT molecular complexity index is 657. The smallest absolute Gasteiger partial charge is 0.236 e. The number of rotatable bonds is 5. The normalized spacial score (nSPS) is 13.9. The van der Waals surface area contributed by atoms with E-state index in [1.807, 2.05) is 0 Å². The van der Waals surface area contributed by atoms with Crippen molar-refractivity contribution in [2.75, 3.05) is 18.0 Å². The summed E-state index contributed by atoms with van der Waals surface area (Å²) >= 11 is 1.81. The first-order chi connectivity index (χ1) is 11.2. The van der Waals surface area contributed by atoms with Crippen LogP contribution in [0.1, 0.15) is 13.3 Å². The van der Waals surface area contributed by atoms with Crippen molar-refractivity contribution in [1.82, 2.24) is 5.32 Å². The Balaban J connectivity index is 1.72. The number of anilines is 2. The summed E-state index contributed by atoms with van der Waals surface area (Å²) in [6.07, 6.45) is 0.867. The Kier molecular flexibility index (Phi) is 4.88. The second-order valence-corrected chi connectivity index (χ2v) is 6.71. The monoisotopic (exact) mass is 327 g/mol. The average molecular weight is 327 g/mol. The molecule has 3 N–H and O–H groups in total. The molecule has 120 valence electrons. The van der Waals surface area contributed by atoms with Crippen molar-refractivity contribution >= 4 is 29.0 Å². The maximum Gasteiger partial charge on any atom is 0.236 e. The van der Waals surface area contributed by atoms with Crippen LogP contribution in [0.15, 0.2) is 58.3 Å². The third-order valence-electron chi connectivity index (χ3n) is 3.80. The summed E-state index contributed by atoms with van der Waals surface area (Å²) in [5, 5.41) is 2.87. The second kappa shape index (κ2) is 7.06. The van der Waals surface area contributed by atoms with Crippen LogP contribution in [0, 0.1) is 0 Å². The lowest BCUT2D eigenvalue weighted by Crippen LogP contribution is -2.39. The number of carbonyl (C=O) groups is 1. The number of nitrogens with one attached hydrogen (secondary N) is 1. The highest BCUT2D eigenvalue weighted by Crippen LogP contribution is 2.47. The van der Waals surface area contributed by atoms with Crippen molar-refractivity contribution in [3.8, 4) is 0 Å². The topological polar surface area (TPSA) is 58.4 Å². The molecule has 1 atom stereocenters. The third kappa shape index (κ3) is 3.51. The molecule has 1 heterocycles.